The summed E-state index contributed by atoms with van der Waals surface area (Å²) in [5.74, 6) is 0. The zero-order valence-corrected chi connectivity index (χ0v) is 13.2. The van der Waals surface area contributed by atoms with Crippen LogP contribution >= 0.6 is 22.9 Å². The number of nitriles is 1. The van der Waals surface area contributed by atoms with Crippen LogP contribution in [0.5, 0.6) is 0 Å². The minimum Gasteiger partial charge on any atom is -0.399 e. The maximum absolute atomic E-state index is 12.2. The minimum absolute atomic E-state index is 0.0293. The summed E-state index contributed by atoms with van der Waals surface area (Å²) in [6.45, 7) is 0.231. The highest BCUT2D eigenvalue weighted by atomic mass is 35.5. The van der Waals surface area contributed by atoms with Gasteiger partial charge >= 0.3 is 0 Å². The molecule has 1 heterocycles. The molecular weight excluding hydrogens is 330 g/mol. The zero-order chi connectivity index (χ0) is 15.5. The van der Waals surface area contributed by atoms with Crippen molar-refractivity contribution >= 4 is 38.6 Å². The van der Waals surface area contributed by atoms with E-state index in [1.807, 2.05) is 12.1 Å². The number of nitrogens with two attached hydrogens (primary N) is 1. The van der Waals surface area contributed by atoms with Gasteiger partial charge in [-0.25, -0.2) is 13.1 Å². The van der Waals surface area contributed by atoms with Crippen molar-refractivity contribution in [1.82, 2.24) is 4.72 Å². The molecule has 0 spiro atoms. The molecular formula is C13H12ClN3O2S2. The fourth-order valence-corrected chi connectivity index (χ4v) is 4.00. The number of halogens is 1. The molecule has 0 fully saturated rings. The first-order valence-corrected chi connectivity index (χ1v) is 8.63. The van der Waals surface area contributed by atoms with Gasteiger partial charge in [0.1, 0.15) is 6.07 Å². The van der Waals surface area contributed by atoms with E-state index in [0.29, 0.717) is 16.4 Å². The summed E-state index contributed by atoms with van der Waals surface area (Å²) >= 11 is 7.22. The third-order valence-corrected chi connectivity index (χ3v) is 5.52. The Labute approximate surface area is 132 Å². The third-order valence-electron chi connectivity index (χ3n) is 2.71. The number of nitrogens with one attached hydrogen (secondary N) is 1. The molecule has 0 amide bonds. The Bertz CT molecular complexity index is 794. The molecule has 2 aromatic rings. The Morgan fingerprint density at radius 3 is 2.71 bits per heavy atom. The molecule has 0 saturated carbocycles. The Kier molecular flexibility index (Phi) is 4.85. The van der Waals surface area contributed by atoms with Gasteiger partial charge in [0.2, 0.25) is 10.0 Å². The standard InChI is InChI=1S/C13H12ClN3O2S2/c14-13-4-2-11(20-13)5-6-17-21(18,19)12-3-1-10(16)7-9(12)8-15/h1-4,7,17H,5-6,16H2. The van der Waals surface area contributed by atoms with E-state index in [4.69, 9.17) is 22.6 Å². The van der Waals surface area contributed by atoms with E-state index in [9.17, 15) is 8.42 Å². The molecule has 8 heteroatoms. The van der Waals surface area contributed by atoms with Crippen LogP contribution in [-0.2, 0) is 16.4 Å². The van der Waals surface area contributed by atoms with Gasteiger partial charge in [-0.1, -0.05) is 11.6 Å². The zero-order valence-electron chi connectivity index (χ0n) is 10.8. The van der Waals surface area contributed by atoms with Crippen LogP contribution in [0.2, 0.25) is 4.34 Å². The largest absolute Gasteiger partial charge is 0.399 e. The molecule has 0 aliphatic carbocycles. The summed E-state index contributed by atoms with van der Waals surface area (Å²) in [5.41, 5.74) is 5.92. The molecule has 1 aromatic carbocycles. The second kappa shape index (κ2) is 6.45. The third kappa shape index (κ3) is 3.95. The van der Waals surface area contributed by atoms with E-state index < -0.39 is 10.0 Å². The monoisotopic (exact) mass is 341 g/mol. The lowest BCUT2D eigenvalue weighted by atomic mass is 10.2. The Balaban J connectivity index is 2.10. The molecule has 1 aromatic heterocycles. The number of benzene rings is 1. The van der Waals surface area contributed by atoms with Gasteiger partial charge in [-0.15, -0.1) is 11.3 Å². The van der Waals surface area contributed by atoms with Crippen molar-refractivity contribution in [1.29, 1.82) is 5.26 Å². The van der Waals surface area contributed by atoms with Gasteiger partial charge in [-0.2, -0.15) is 5.26 Å². The number of rotatable bonds is 5. The molecule has 0 aliphatic heterocycles. The first kappa shape index (κ1) is 15.8. The lowest BCUT2D eigenvalue weighted by Crippen LogP contribution is -2.26. The highest BCUT2D eigenvalue weighted by Crippen LogP contribution is 2.22. The molecule has 110 valence electrons. The lowest BCUT2D eigenvalue weighted by Gasteiger charge is -2.08. The van der Waals surface area contributed by atoms with Crippen molar-refractivity contribution < 1.29 is 8.42 Å². The van der Waals surface area contributed by atoms with Crippen LogP contribution < -0.4 is 10.5 Å². The van der Waals surface area contributed by atoms with Crippen LogP contribution in [0.3, 0.4) is 0 Å². The van der Waals surface area contributed by atoms with E-state index in [2.05, 4.69) is 4.72 Å². The molecule has 5 nitrogen and oxygen atoms in total. The quantitative estimate of drug-likeness (QED) is 0.816. The summed E-state index contributed by atoms with van der Waals surface area (Å²) in [6.07, 6.45) is 0.535. The Morgan fingerprint density at radius 1 is 1.33 bits per heavy atom. The van der Waals surface area contributed by atoms with Crippen LogP contribution in [0.25, 0.3) is 0 Å². The maximum Gasteiger partial charge on any atom is 0.241 e. The topological polar surface area (TPSA) is 96.0 Å². The van der Waals surface area contributed by atoms with Crippen LogP contribution in [0, 0.1) is 11.3 Å². The molecule has 2 rings (SSSR count). The van der Waals surface area contributed by atoms with Crippen molar-refractivity contribution in [2.75, 3.05) is 12.3 Å². The van der Waals surface area contributed by atoms with E-state index in [-0.39, 0.29) is 17.0 Å². The average molecular weight is 342 g/mol. The van der Waals surface area contributed by atoms with Gasteiger partial charge in [0.05, 0.1) is 14.8 Å². The van der Waals surface area contributed by atoms with Crippen molar-refractivity contribution in [3.63, 3.8) is 0 Å². The Hall–Kier alpha value is -1.59. The van der Waals surface area contributed by atoms with Gasteiger partial charge in [0.15, 0.2) is 0 Å². The van der Waals surface area contributed by atoms with E-state index in [1.165, 1.54) is 29.5 Å². The van der Waals surface area contributed by atoms with E-state index in [0.717, 1.165) is 4.88 Å². The van der Waals surface area contributed by atoms with Crippen LogP contribution in [-0.4, -0.2) is 15.0 Å². The number of sulfonamides is 1. The molecule has 0 saturated heterocycles. The highest BCUT2D eigenvalue weighted by molar-refractivity contribution is 7.89. The normalized spacial score (nSPS) is 11.2. The first-order valence-electron chi connectivity index (χ1n) is 5.96. The molecule has 21 heavy (non-hydrogen) atoms. The van der Waals surface area contributed by atoms with E-state index in [1.54, 1.807) is 6.07 Å². The fourth-order valence-electron chi connectivity index (χ4n) is 1.74. The van der Waals surface area contributed by atoms with Crippen molar-refractivity contribution in [3.8, 4) is 6.07 Å². The van der Waals surface area contributed by atoms with Crippen LogP contribution in [0.4, 0.5) is 5.69 Å². The number of hydrogen-bond acceptors (Lipinski definition) is 5. The second-order valence-electron chi connectivity index (χ2n) is 4.22. The van der Waals surface area contributed by atoms with E-state index >= 15 is 0 Å². The molecule has 0 unspecified atom stereocenters. The van der Waals surface area contributed by atoms with Crippen molar-refractivity contribution in [3.05, 3.63) is 45.1 Å². The second-order valence-corrected chi connectivity index (χ2v) is 7.76. The number of hydrogen-bond donors (Lipinski definition) is 2. The predicted molar refractivity (Wildman–Crippen MR) is 83.8 cm³/mol. The lowest BCUT2D eigenvalue weighted by molar-refractivity contribution is 0.581. The summed E-state index contributed by atoms with van der Waals surface area (Å²) in [7, 11) is -3.74. The number of thiophene rings is 1. The molecule has 3 N–H and O–H groups in total. The summed E-state index contributed by atoms with van der Waals surface area (Å²) < 4.78 is 27.5. The average Bonchev–Trinajstić information content (AvgIpc) is 2.83. The van der Waals surface area contributed by atoms with Gasteiger partial charge in [-0.3, -0.25) is 0 Å². The van der Waals surface area contributed by atoms with Gasteiger partial charge < -0.3 is 5.73 Å². The number of nitrogens with zero attached hydrogens (tertiary/aromatic N) is 1. The van der Waals surface area contributed by atoms with Gasteiger partial charge in [-0.05, 0) is 36.8 Å². The molecule has 0 radical (unpaired) electrons. The van der Waals surface area contributed by atoms with Crippen molar-refractivity contribution in [2.24, 2.45) is 0 Å². The van der Waals surface area contributed by atoms with Crippen LogP contribution in [0.15, 0.2) is 35.2 Å². The summed E-state index contributed by atoms with van der Waals surface area (Å²) in [6, 6.07) is 9.58. The van der Waals surface area contributed by atoms with Gasteiger partial charge in [0, 0.05) is 17.1 Å². The molecule has 0 aliphatic rings. The summed E-state index contributed by atoms with van der Waals surface area (Å²) in [5, 5.41) is 9.00. The smallest absolute Gasteiger partial charge is 0.241 e. The number of nitrogen functional groups attached to an aromatic ring is 1. The van der Waals surface area contributed by atoms with Crippen LogP contribution in [0.1, 0.15) is 10.4 Å². The Morgan fingerprint density at radius 2 is 2.10 bits per heavy atom. The predicted octanol–water partition coefficient (Wildman–Crippen LogP) is 2.38. The maximum atomic E-state index is 12.2. The molecule has 0 bridgehead atoms. The first-order chi connectivity index (χ1) is 9.92. The molecule has 0 atom stereocenters. The fraction of sp³-hybridized carbons (Fsp3) is 0.154. The minimum atomic E-state index is -3.74. The SMILES string of the molecule is N#Cc1cc(N)ccc1S(=O)(=O)NCCc1ccc(Cl)s1. The van der Waals surface area contributed by atoms with Crippen molar-refractivity contribution in [2.45, 2.75) is 11.3 Å². The summed E-state index contributed by atoms with van der Waals surface area (Å²) in [4.78, 5) is 0.920. The number of anilines is 1. The highest BCUT2D eigenvalue weighted by Gasteiger charge is 2.18. The van der Waals surface area contributed by atoms with Gasteiger partial charge in [0.25, 0.3) is 0 Å².